The molecule has 0 atom stereocenters. The number of aliphatic hydroxyl groups excluding tert-OH is 1. The first-order chi connectivity index (χ1) is 16.8. The van der Waals surface area contributed by atoms with Crippen molar-refractivity contribution < 1.29 is 5.11 Å². The van der Waals surface area contributed by atoms with E-state index < -0.39 is 0 Å². The van der Waals surface area contributed by atoms with E-state index in [2.05, 4.69) is 24.0 Å². The Kier molecular flexibility index (Phi) is 10.1. The monoisotopic (exact) mass is 473 g/mol. The highest BCUT2D eigenvalue weighted by atomic mass is 16.3. The first kappa shape index (κ1) is 27.6. The first-order valence-corrected chi connectivity index (χ1v) is 12.4. The Morgan fingerprint density at radius 2 is 1.83 bits per heavy atom. The predicted octanol–water partition coefficient (Wildman–Crippen LogP) is 7.48. The minimum absolute atomic E-state index is 0.0203. The average molecular weight is 474 g/mol. The number of nitrogens with zero attached hydrogens (tertiary/aromatic N) is 2. The highest BCUT2D eigenvalue weighted by Crippen LogP contribution is 2.27. The second-order valence-electron chi connectivity index (χ2n) is 8.13. The zero-order valence-electron chi connectivity index (χ0n) is 22.2. The fourth-order valence-electron chi connectivity index (χ4n) is 4.06. The Hall–Kier alpha value is -3.60. The highest BCUT2D eigenvalue weighted by Gasteiger charge is 2.16. The topological polar surface area (TPSA) is 67.2 Å². The SMILES string of the molecule is C=C(O)c1cc(C)ccc1NCc1cc(C)cc2c(=O)n(C)c(C3=CC=CCC3)nc12.CC.CC. The van der Waals surface area contributed by atoms with E-state index in [1.807, 2.05) is 78.0 Å². The third-order valence-corrected chi connectivity index (χ3v) is 5.66. The van der Waals surface area contributed by atoms with Crippen molar-refractivity contribution in [2.75, 3.05) is 5.32 Å². The molecule has 1 aromatic heterocycles. The van der Waals surface area contributed by atoms with E-state index in [0.717, 1.165) is 40.8 Å². The standard InChI is InChI=1S/C26H27N3O2.2C2H6/c1-16-10-11-23(21(13-16)18(3)30)27-15-20-12-17(2)14-22-24(20)28-25(29(4)26(22)31)19-8-6-5-7-9-19;2*1-2/h5-6,8,10-14,27,30H,3,7,9,15H2,1-2,4H3;2*1-2H3. The van der Waals surface area contributed by atoms with Gasteiger partial charge in [-0.25, -0.2) is 4.98 Å². The molecule has 35 heavy (non-hydrogen) atoms. The van der Waals surface area contributed by atoms with Crippen LogP contribution in [-0.2, 0) is 13.6 Å². The number of anilines is 1. The Labute approximate surface area is 209 Å². The molecule has 186 valence electrons. The van der Waals surface area contributed by atoms with Crippen LogP contribution in [0.4, 0.5) is 5.69 Å². The quantitative estimate of drug-likeness (QED) is 0.377. The fourth-order valence-corrected chi connectivity index (χ4v) is 4.06. The van der Waals surface area contributed by atoms with E-state index >= 15 is 0 Å². The maximum atomic E-state index is 13.2. The van der Waals surface area contributed by atoms with Gasteiger partial charge in [0.25, 0.3) is 5.56 Å². The Morgan fingerprint density at radius 3 is 2.46 bits per heavy atom. The zero-order chi connectivity index (χ0) is 26.1. The molecule has 1 aliphatic rings. The lowest BCUT2D eigenvalue weighted by Gasteiger charge is -2.17. The molecule has 1 aliphatic carbocycles. The molecular weight excluding hydrogens is 434 g/mol. The molecule has 0 radical (unpaired) electrons. The van der Waals surface area contributed by atoms with Crippen molar-refractivity contribution in [3.63, 3.8) is 0 Å². The van der Waals surface area contributed by atoms with Gasteiger partial charge in [-0.3, -0.25) is 9.36 Å². The van der Waals surface area contributed by atoms with Crippen molar-refractivity contribution in [1.82, 2.24) is 9.55 Å². The van der Waals surface area contributed by atoms with Crippen LogP contribution in [0.5, 0.6) is 0 Å². The lowest BCUT2D eigenvalue weighted by Crippen LogP contribution is -2.23. The maximum absolute atomic E-state index is 13.2. The van der Waals surface area contributed by atoms with E-state index in [0.29, 0.717) is 28.8 Å². The number of hydrogen-bond donors (Lipinski definition) is 2. The summed E-state index contributed by atoms with van der Waals surface area (Å²) in [5.74, 6) is 0.735. The molecule has 0 bridgehead atoms. The first-order valence-electron chi connectivity index (χ1n) is 12.4. The number of aliphatic hydroxyl groups is 1. The van der Waals surface area contributed by atoms with Gasteiger partial charge in [-0.2, -0.15) is 0 Å². The summed E-state index contributed by atoms with van der Waals surface area (Å²) < 4.78 is 1.65. The summed E-state index contributed by atoms with van der Waals surface area (Å²) in [4.78, 5) is 18.1. The van der Waals surface area contributed by atoms with Crippen molar-refractivity contribution in [2.45, 2.75) is 60.9 Å². The molecule has 3 aromatic rings. The van der Waals surface area contributed by atoms with E-state index in [4.69, 9.17) is 4.98 Å². The van der Waals surface area contributed by atoms with Gasteiger partial charge in [-0.1, -0.05) is 70.2 Å². The molecule has 4 rings (SSSR count). The molecule has 2 N–H and O–H groups in total. The van der Waals surface area contributed by atoms with Crippen molar-refractivity contribution in [3.05, 3.63) is 93.6 Å². The normalized spacial score (nSPS) is 12.1. The number of allylic oxidation sites excluding steroid dienone is 4. The van der Waals surface area contributed by atoms with Crippen LogP contribution in [0, 0.1) is 13.8 Å². The predicted molar refractivity (Wildman–Crippen MR) is 151 cm³/mol. The highest BCUT2D eigenvalue weighted by molar-refractivity contribution is 5.84. The summed E-state index contributed by atoms with van der Waals surface area (Å²) in [5.41, 5.74) is 6.19. The Bertz CT molecular complexity index is 1310. The molecule has 0 saturated carbocycles. The van der Waals surface area contributed by atoms with E-state index in [1.165, 1.54) is 0 Å². The lowest BCUT2D eigenvalue weighted by atomic mass is 10.0. The number of nitrogens with one attached hydrogen (secondary N) is 1. The number of rotatable bonds is 5. The lowest BCUT2D eigenvalue weighted by molar-refractivity contribution is 0.514. The summed E-state index contributed by atoms with van der Waals surface area (Å²) >= 11 is 0. The summed E-state index contributed by atoms with van der Waals surface area (Å²) in [6.07, 6.45) is 7.99. The molecule has 0 fully saturated rings. The van der Waals surface area contributed by atoms with Crippen LogP contribution in [0.1, 0.15) is 68.6 Å². The van der Waals surface area contributed by atoms with Crippen LogP contribution >= 0.6 is 0 Å². The molecule has 2 aromatic carbocycles. The van der Waals surface area contributed by atoms with Crippen LogP contribution in [-0.4, -0.2) is 14.7 Å². The Morgan fingerprint density at radius 1 is 1.11 bits per heavy atom. The van der Waals surface area contributed by atoms with Crippen LogP contribution < -0.4 is 10.9 Å². The molecule has 0 spiro atoms. The van der Waals surface area contributed by atoms with Crippen LogP contribution in [0.25, 0.3) is 22.2 Å². The number of aryl methyl sites for hydroxylation is 2. The molecule has 1 heterocycles. The Balaban J connectivity index is 0.00000103. The maximum Gasteiger partial charge on any atom is 0.261 e. The van der Waals surface area contributed by atoms with Gasteiger partial charge in [0.15, 0.2) is 0 Å². The molecule has 0 unspecified atom stereocenters. The second-order valence-corrected chi connectivity index (χ2v) is 8.13. The van der Waals surface area contributed by atoms with Crippen molar-refractivity contribution in [2.24, 2.45) is 7.05 Å². The summed E-state index contributed by atoms with van der Waals surface area (Å²) in [6, 6.07) is 9.77. The molecule has 0 saturated heterocycles. The van der Waals surface area contributed by atoms with Gasteiger partial charge >= 0.3 is 0 Å². The summed E-state index contributed by atoms with van der Waals surface area (Å²) in [7, 11) is 1.79. The molecule has 0 aliphatic heterocycles. The molecular formula is C30H39N3O2. The summed E-state index contributed by atoms with van der Waals surface area (Å²) in [5, 5.41) is 14.0. The van der Waals surface area contributed by atoms with Crippen molar-refractivity contribution >= 4 is 27.9 Å². The van der Waals surface area contributed by atoms with Gasteiger partial charge in [-0.15, -0.1) is 0 Å². The average Bonchev–Trinajstić information content (AvgIpc) is 2.88. The van der Waals surface area contributed by atoms with Crippen molar-refractivity contribution in [1.29, 1.82) is 0 Å². The van der Waals surface area contributed by atoms with Gasteiger partial charge in [0.2, 0.25) is 0 Å². The van der Waals surface area contributed by atoms with Gasteiger partial charge in [0.1, 0.15) is 11.6 Å². The summed E-state index contributed by atoms with van der Waals surface area (Å²) in [6.45, 7) is 16.1. The van der Waals surface area contributed by atoms with Crippen LogP contribution in [0.2, 0.25) is 0 Å². The van der Waals surface area contributed by atoms with Gasteiger partial charge in [0.05, 0.1) is 10.9 Å². The van der Waals surface area contributed by atoms with E-state index in [9.17, 15) is 9.90 Å². The molecule has 5 nitrogen and oxygen atoms in total. The van der Waals surface area contributed by atoms with E-state index in [-0.39, 0.29) is 11.3 Å². The third kappa shape index (κ3) is 6.30. The van der Waals surface area contributed by atoms with Crippen LogP contribution in [0.15, 0.2) is 59.9 Å². The van der Waals surface area contributed by atoms with Crippen molar-refractivity contribution in [3.8, 4) is 0 Å². The number of hydrogen-bond acceptors (Lipinski definition) is 4. The second kappa shape index (κ2) is 12.7. The number of fused-ring (bicyclic) bond motifs is 1. The minimum Gasteiger partial charge on any atom is -0.508 e. The molecule has 0 amide bonds. The van der Waals surface area contributed by atoms with Gasteiger partial charge in [-0.05, 0) is 61.6 Å². The zero-order valence-corrected chi connectivity index (χ0v) is 22.2. The number of benzene rings is 2. The van der Waals surface area contributed by atoms with Crippen LogP contribution in [0.3, 0.4) is 0 Å². The third-order valence-electron chi connectivity index (χ3n) is 5.66. The smallest absolute Gasteiger partial charge is 0.261 e. The number of aromatic nitrogens is 2. The fraction of sp³-hybridized carbons (Fsp3) is 0.333. The van der Waals surface area contributed by atoms with Gasteiger partial charge in [0, 0.05) is 24.8 Å². The minimum atomic E-state index is -0.0415. The van der Waals surface area contributed by atoms with E-state index in [1.54, 1.807) is 11.6 Å². The molecule has 5 heteroatoms. The largest absolute Gasteiger partial charge is 0.508 e. The van der Waals surface area contributed by atoms with Gasteiger partial charge < -0.3 is 10.4 Å².